The van der Waals surface area contributed by atoms with Crippen LogP contribution in [0.2, 0.25) is 0 Å². The summed E-state index contributed by atoms with van der Waals surface area (Å²) >= 11 is 1.49. The highest BCUT2D eigenvalue weighted by Crippen LogP contribution is 2.37. The quantitative estimate of drug-likeness (QED) is 0.781. The number of thiophene rings is 1. The predicted octanol–water partition coefficient (Wildman–Crippen LogP) is 2.89. The van der Waals surface area contributed by atoms with E-state index >= 15 is 0 Å². The van der Waals surface area contributed by atoms with Gasteiger partial charge in [-0.15, -0.1) is 11.3 Å². The highest BCUT2D eigenvalue weighted by Gasteiger charge is 2.24. The Kier molecular flexibility index (Phi) is 5.22. The van der Waals surface area contributed by atoms with Crippen LogP contribution < -0.4 is 16.4 Å². The number of carbonyl (C=O) groups is 2. The SMILES string of the molecule is CC(C)CCNC(=O)Nc1sc2c(c1C(N)=O)CCCC2. The van der Waals surface area contributed by atoms with Crippen LogP contribution in [-0.4, -0.2) is 18.5 Å². The number of urea groups is 1. The number of primary amides is 1. The first-order valence-corrected chi connectivity index (χ1v) is 8.30. The number of amides is 3. The Labute approximate surface area is 129 Å². The van der Waals surface area contributed by atoms with Crippen LogP contribution in [0.4, 0.5) is 9.80 Å². The van der Waals surface area contributed by atoms with Crippen molar-refractivity contribution >= 4 is 28.3 Å². The lowest BCUT2D eigenvalue weighted by Gasteiger charge is -2.11. The maximum atomic E-state index is 11.9. The molecule has 0 saturated carbocycles. The highest BCUT2D eigenvalue weighted by molar-refractivity contribution is 7.17. The molecule has 0 fully saturated rings. The highest BCUT2D eigenvalue weighted by atomic mass is 32.1. The minimum absolute atomic E-state index is 0.267. The van der Waals surface area contributed by atoms with Crippen LogP contribution in [-0.2, 0) is 12.8 Å². The van der Waals surface area contributed by atoms with Gasteiger partial charge in [0.25, 0.3) is 5.91 Å². The zero-order chi connectivity index (χ0) is 15.4. The normalized spacial score (nSPS) is 13.9. The van der Waals surface area contributed by atoms with Crippen LogP contribution >= 0.6 is 11.3 Å². The van der Waals surface area contributed by atoms with E-state index in [9.17, 15) is 9.59 Å². The molecule has 0 aromatic carbocycles. The second-order valence-electron chi connectivity index (χ2n) is 5.84. The molecule has 1 aromatic heterocycles. The van der Waals surface area contributed by atoms with E-state index in [0.29, 0.717) is 23.0 Å². The molecule has 1 heterocycles. The summed E-state index contributed by atoms with van der Waals surface area (Å²) in [5.74, 6) is 0.0902. The summed E-state index contributed by atoms with van der Waals surface area (Å²) in [6.07, 6.45) is 4.98. The Hall–Kier alpha value is -1.56. The van der Waals surface area contributed by atoms with Gasteiger partial charge in [-0.1, -0.05) is 13.8 Å². The van der Waals surface area contributed by atoms with Gasteiger partial charge in [-0.2, -0.15) is 0 Å². The van der Waals surface area contributed by atoms with Gasteiger partial charge in [0.15, 0.2) is 0 Å². The Morgan fingerprint density at radius 2 is 2.00 bits per heavy atom. The lowest BCUT2D eigenvalue weighted by Crippen LogP contribution is -2.30. The predicted molar refractivity (Wildman–Crippen MR) is 86.0 cm³/mol. The molecular weight excluding hydrogens is 286 g/mol. The molecule has 5 nitrogen and oxygen atoms in total. The van der Waals surface area contributed by atoms with Gasteiger partial charge in [0.1, 0.15) is 5.00 Å². The first-order chi connectivity index (χ1) is 9.99. The molecule has 0 radical (unpaired) electrons. The van der Waals surface area contributed by atoms with Crippen molar-refractivity contribution in [2.24, 2.45) is 11.7 Å². The van der Waals surface area contributed by atoms with Gasteiger partial charge in [0.05, 0.1) is 5.56 Å². The van der Waals surface area contributed by atoms with Crippen molar-refractivity contribution in [1.29, 1.82) is 0 Å². The van der Waals surface area contributed by atoms with Crippen LogP contribution in [0.25, 0.3) is 0 Å². The zero-order valence-electron chi connectivity index (χ0n) is 12.6. The number of fused-ring (bicyclic) bond motifs is 1. The summed E-state index contributed by atoms with van der Waals surface area (Å²) in [5.41, 5.74) is 7.04. The maximum absolute atomic E-state index is 11.9. The summed E-state index contributed by atoms with van der Waals surface area (Å²) in [7, 11) is 0. The summed E-state index contributed by atoms with van der Waals surface area (Å²) in [6.45, 7) is 4.84. The van der Waals surface area contributed by atoms with Crippen LogP contribution in [0, 0.1) is 5.92 Å². The molecule has 0 bridgehead atoms. The number of aryl methyl sites for hydroxylation is 1. The number of nitrogens with two attached hydrogens (primary N) is 1. The molecule has 1 aliphatic rings. The average Bonchev–Trinajstić information content (AvgIpc) is 2.75. The van der Waals surface area contributed by atoms with Gasteiger partial charge < -0.3 is 11.1 Å². The maximum Gasteiger partial charge on any atom is 0.319 e. The largest absolute Gasteiger partial charge is 0.365 e. The molecule has 6 heteroatoms. The third-order valence-corrected chi connectivity index (χ3v) is 4.86. The number of hydrogen-bond donors (Lipinski definition) is 3. The molecule has 0 atom stereocenters. The summed E-state index contributed by atoms with van der Waals surface area (Å²) in [4.78, 5) is 24.8. The molecule has 3 amide bonds. The van der Waals surface area contributed by atoms with E-state index in [-0.39, 0.29) is 6.03 Å². The molecule has 4 N–H and O–H groups in total. The van der Waals surface area contributed by atoms with Crippen LogP contribution in [0.3, 0.4) is 0 Å². The fourth-order valence-electron chi connectivity index (χ4n) is 2.54. The Balaban J connectivity index is 2.07. The first kappa shape index (κ1) is 15.8. The molecule has 1 aliphatic carbocycles. The monoisotopic (exact) mass is 309 g/mol. The van der Waals surface area contributed by atoms with Crippen molar-refractivity contribution in [3.8, 4) is 0 Å². The van der Waals surface area contributed by atoms with Crippen LogP contribution in [0.15, 0.2) is 0 Å². The van der Waals surface area contributed by atoms with Gasteiger partial charge in [0, 0.05) is 11.4 Å². The number of rotatable bonds is 5. The Morgan fingerprint density at radius 3 is 2.67 bits per heavy atom. The fraction of sp³-hybridized carbons (Fsp3) is 0.600. The summed E-state index contributed by atoms with van der Waals surface area (Å²) in [6, 6.07) is -0.267. The van der Waals surface area contributed by atoms with E-state index in [0.717, 1.165) is 37.7 Å². The Bertz CT molecular complexity index is 537. The molecule has 0 saturated heterocycles. The lowest BCUT2D eigenvalue weighted by atomic mass is 9.95. The lowest BCUT2D eigenvalue weighted by molar-refractivity contribution is 0.100. The molecule has 0 spiro atoms. The van der Waals surface area contributed by atoms with Crippen molar-refractivity contribution in [2.45, 2.75) is 46.0 Å². The standard InChI is InChI=1S/C15H23N3O2S/c1-9(2)7-8-17-15(20)18-14-12(13(16)19)10-5-3-4-6-11(10)21-14/h9H,3-8H2,1-2H3,(H2,16,19)(H2,17,18,20). The molecule has 21 heavy (non-hydrogen) atoms. The molecule has 0 unspecified atom stereocenters. The molecule has 2 rings (SSSR count). The van der Waals surface area contributed by atoms with Gasteiger partial charge in [0.2, 0.25) is 0 Å². The van der Waals surface area contributed by atoms with E-state index in [2.05, 4.69) is 24.5 Å². The van der Waals surface area contributed by atoms with E-state index in [1.165, 1.54) is 16.2 Å². The topological polar surface area (TPSA) is 84.2 Å². The van der Waals surface area contributed by atoms with E-state index < -0.39 is 5.91 Å². The molecular formula is C15H23N3O2S. The number of carbonyl (C=O) groups excluding carboxylic acids is 2. The number of hydrogen-bond acceptors (Lipinski definition) is 3. The van der Waals surface area contributed by atoms with Crippen molar-refractivity contribution in [3.63, 3.8) is 0 Å². The first-order valence-electron chi connectivity index (χ1n) is 7.48. The van der Waals surface area contributed by atoms with Crippen molar-refractivity contribution in [2.75, 3.05) is 11.9 Å². The smallest absolute Gasteiger partial charge is 0.319 e. The second-order valence-corrected chi connectivity index (χ2v) is 6.95. The summed E-state index contributed by atoms with van der Waals surface area (Å²) in [5, 5.41) is 6.20. The molecule has 0 aliphatic heterocycles. The minimum atomic E-state index is -0.452. The van der Waals surface area contributed by atoms with Crippen molar-refractivity contribution < 1.29 is 9.59 Å². The average molecular weight is 309 g/mol. The van der Waals surface area contributed by atoms with Crippen molar-refractivity contribution in [3.05, 3.63) is 16.0 Å². The van der Waals surface area contributed by atoms with Gasteiger partial charge in [-0.25, -0.2) is 4.79 Å². The zero-order valence-corrected chi connectivity index (χ0v) is 13.4. The van der Waals surface area contributed by atoms with Gasteiger partial charge in [-0.05, 0) is 43.6 Å². The third-order valence-electron chi connectivity index (χ3n) is 3.65. The van der Waals surface area contributed by atoms with Gasteiger partial charge in [-0.3, -0.25) is 10.1 Å². The van der Waals surface area contributed by atoms with E-state index in [1.54, 1.807) is 0 Å². The second kappa shape index (κ2) is 6.93. The van der Waals surface area contributed by atoms with E-state index in [4.69, 9.17) is 5.73 Å². The minimum Gasteiger partial charge on any atom is -0.365 e. The fourth-order valence-corrected chi connectivity index (χ4v) is 3.83. The van der Waals surface area contributed by atoms with Gasteiger partial charge >= 0.3 is 6.03 Å². The van der Waals surface area contributed by atoms with Crippen molar-refractivity contribution in [1.82, 2.24) is 5.32 Å². The Morgan fingerprint density at radius 1 is 1.29 bits per heavy atom. The number of nitrogens with one attached hydrogen (secondary N) is 2. The van der Waals surface area contributed by atoms with Crippen LogP contribution in [0.1, 0.15) is 53.9 Å². The van der Waals surface area contributed by atoms with Crippen LogP contribution in [0.5, 0.6) is 0 Å². The molecule has 1 aromatic rings. The molecule has 116 valence electrons. The number of anilines is 1. The van der Waals surface area contributed by atoms with E-state index in [1.807, 2.05) is 0 Å². The summed E-state index contributed by atoms with van der Waals surface area (Å²) < 4.78 is 0. The third kappa shape index (κ3) is 3.97.